The zero-order valence-corrected chi connectivity index (χ0v) is 16.3. The Morgan fingerprint density at radius 1 is 1.39 bits per heavy atom. The summed E-state index contributed by atoms with van der Waals surface area (Å²) in [4.78, 5) is 20.1. The van der Waals surface area contributed by atoms with Gasteiger partial charge in [0.1, 0.15) is 17.3 Å². The van der Waals surface area contributed by atoms with Gasteiger partial charge in [-0.1, -0.05) is 6.07 Å². The highest BCUT2D eigenvalue weighted by atomic mass is 32.1. The minimum atomic E-state index is -0.654. The number of thiazole rings is 1. The fourth-order valence-electron chi connectivity index (χ4n) is 4.08. The second-order valence-corrected chi connectivity index (χ2v) is 8.38. The molecular formula is C20H21F2N3O2S. The monoisotopic (exact) mass is 405 g/mol. The number of benzene rings is 1. The molecule has 2 aromatic heterocycles. The number of aliphatic hydroxyl groups excluding tert-OH is 1. The maximum absolute atomic E-state index is 14.2. The first-order chi connectivity index (χ1) is 13.4. The third-order valence-corrected chi connectivity index (χ3v) is 6.26. The van der Waals surface area contributed by atoms with Crippen LogP contribution >= 0.6 is 11.3 Å². The lowest BCUT2D eigenvalue weighted by Crippen LogP contribution is -2.49. The van der Waals surface area contributed by atoms with Gasteiger partial charge >= 0.3 is 0 Å². The van der Waals surface area contributed by atoms with Gasteiger partial charge in [-0.3, -0.25) is 9.20 Å². The molecule has 1 fully saturated rings. The van der Waals surface area contributed by atoms with Crippen molar-refractivity contribution in [3.05, 3.63) is 58.4 Å². The van der Waals surface area contributed by atoms with Crippen LogP contribution in [0.5, 0.6) is 0 Å². The lowest BCUT2D eigenvalue weighted by Gasteiger charge is -2.42. The van der Waals surface area contributed by atoms with Gasteiger partial charge in [0.25, 0.3) is 5.91 Å². The SMILES string of the molecule is Cc1nc2sccn2c1C(=O)N1CCCC(CO)(Cc2ccc(F)cc2F)C1. The van der Waals surface area contributed by atoms with Crippen LogP contribution in [-0.2, 0) is 6.42 Å². The number of aliphatic hydroxyl groups is 1. The van der Waals surface area contributed by atoms with Gasteiger partial charge in [0.15, 0.2) is 4.96 Å². The molecule has 1 aliphatic heterocycles. The first-order valence-electron chi connectivity index (χ1n) is 9.19. The van der Waals surface area contributed by atoms with E-state index in [0.29, 0.717) is 42.9 Å². The molecule has 1 N–H and O–H groups in total. The number of likely N-dealkylation sites (tertiary alicyclic amines) is 1. The Morgan fingerprint density at radius 3 is 2.96 bits per heavy atom. The Labute approximate surface area is 165 Å². The van der Waals surface area contributed by atoms with Crippen LogP contribution in [0.15, 0.2) is 29.8 Å². The molecule has 1 amide bonds. The number of piperidine rings is 1. The van der Waals surface area contributed by atoms with E-state index in [-0.39, 0.29) is 18.9 Å². The first-order valence-corrected chi connectivity index (χ1v) is 10.1. The van der Waals surface area contributed by atoms with E-state index in [0.717, 1.165) is 11.0 Å². The molecule has 1 unspecified atom stereocenters. The highest BCUT2D eigenvalue weighted by Gasteiger charge is 2.38. The minimum Gasteiger partial charge on any atom is -0.396 e. The number of nitrogens with zero attached hydrogens (tertiary/aromatic N) is 3. The van der Waals surface area contributed by atoms with Crippen LogP contribution in [0, 0.1) is 24.0 Å². The Hall–Kier alpha value is -2.32. The van der Waals surface area contributed by atoms with Crippen molar-refractivity contribution < 1.29 is 18.7 Å². The molecule has 1 atom stereocenters. The largest absolute Gasteiger partial charge is 0.396 e. The van der Waals surface area contributed by atoms with E-state index in [1.807, 2.05) is 18.5 Å². The van der Waals surface area contributed by atoms with Gasteiger partial charge in [-0.05, 0) is 37.8 Å². The Morgan fingerprint density at radius 2 is 2.21 bits per heavy atom. The number of amides is 1. The summed E-state index contributed by atoms with van der Waals surface area (Å²) >= 11 is 1.46. The van der Waals surface area contributed by atoms with Crippen LogP contribution in [0.4, 0.5) is 8.78 Å². The van der Waals surface area contributed by atoms with Gasteiger partial charge in [-0.15, -0.1) is 11.3 Å². The van der Waals surface area contributed by atoms with Crippen molar-refractivity contribution in [1.29, 1.82) is 0 Å². The van der Waals surface area contributed by atoms with Gasteiger partial charge in [0.2, 0.25) is 0 Å². The van der Waals surface area contributed by atoms with Crippen LogP contribution in [0.1, 0.15) is 34.6 Å². The van der Waals surface area contributed by atoms with E-state index >= 15 is 0 Å². The number of aryl methyl sites for hydroxylation is 1. The van der Waals surface area contributed by atoms with Crippen molar-refractivity contribution in [2.45, 2.75) is 26.2 Å². The molecule has 1 saturated heterocycles. The zero-order chi connectivity index (χ0) is 19.9. The molecule has 1 aliphatic rings. The maximum Gasteiger partial charge on any atom is 0.272 e. The number of carbonyl (C=O) groups is 1. The van der Waals surface area contributed by atoms with Gasteiger partial charge in [-0.2, -0.15) is 0 Å². The number of hydrogen-bond donors (Lipinski definition) is 1. The Balaban J connectivity index is 1.61. The normalized spacial score (nSPS) is 20.1. The third kappa shape index (κ3) is 3.31. The zero-order valence-electron chi connectivity index (χ0n) is 15.5. The van der Waals surface area contributed by atoms with Gasteiger partial charge < -0.3 is 10.0 Å². The smallest absolute Gasteiger partial charge is 0.272 e. The number of aromatic nitrogens is 2. The van der Waals surface area contributed by atoms with Crippen molar-refractivity contribution in [1.82, 2.24) is 14.3 Å². The molecule has 3 heterocycles. The summed E-state index contributed by atoms with van der Waals surface area (Å²) in [6, 6.07) is 3.49. The summed E-state index contributed by atoms with van der Waals surface area (Å²) in [6.45, 7) is 2.52. The van der Waals surface area contributed by atoms with E-state index in [1.54, 1.807) is 9.30 Å². The molecule has 4 rings (SSSR count). The lowest BCUT2D eigenvalue weighted by atomic mass is 9.75. The molecule has 148 valence electrons. The fourth-order valence-corrected chi connectivity index (χ4v) is 4.84. The highest BCUT2D eigenvalue weighted by Crippen LogP contribution is 2.35. The minimum absolute atomic E-state index is 0.138. The van der Waals surface area contributed by atoms with Crippen molar-refractivity contribution >= 4 is 22.2 Å². The first kappa shape index (κ1) is 19.0. The van der Waals surface area contributed by atoms with Crippen LogP contribution in [0.2, 0.25) is 0 Å². The predicted molar refractivity (Wildman–Crippen MR) is 103 cm³/mol. The molecule has 3 aromatic rings. The maximum atomic E-state index is 14.2. The molecule has 28 heavy (non-hydrogen) atoms. The van der Waals surface area contributed by atoms with Crippen molar-refractivity contribution in [3.8, 4) is 0 Å². The topological polar surface area (TPSA) is 57.8 Å². The third-order valence-electron chi connectivity index (χ3n) is 5.50. The number of halogens is 2. The summed E-state index contributed by atoms with van der Waals surface area (Å²) in [7, 11) is 0. The van der Waals surface area contributed by atoms with Crippen molar-refractivity contribution in [2.75, 3.05) is 19.7 Å². The molecule has 8 heteroatoms. The predicted octanol–water partition coefficient (Wildman–Crippen LogP) is 3.44. The lowest BCUT2D eigenvalue weighted by molar-refractivity contribution is 0.0263. The van der Waals surface area contributed by atoms with Gasteiger partial charge in [0, 0.05) is 36.1 Å². The molecular weight excluding hydrogens is 384 g/mol. The second kappa shape index (κ2) is 7.25. The van der Waals surface area contributed by atoms with E-state index in [9.17, 15) is 18.7 Å². The van der Waals surface area contributed by atoms with Gasteiger partial charge in [-0.25, -0.2) is 13.8 Å². The molecule has 0 spiro atoms. The van der Waals surface area contributed by atoms with Gasteiger partial charge in [0.05, 0.1) is 12.3 Å². The van der Waals surface area contributed by atoms with Crippen molar-refractivity contribution in [3.63, 3.8) is 0 Å². The highest BCUT2D eigenvalue weighted by molar-refractivity contribution is 7.15. The summed E-state index contributed by atoms with van der Waals surface area (Å²) < 4.78 is 29.2. The second-order valence-electron chi connectivity index (χ2n) is 7.50. The quantitative estimate of drug-likeness (QED) is 0.724. The van der Waals surface area contributed by atoms with E-state index in [1.165, 1.54) is 23.5 Å². The fraction of sp³-hybridized carbons (Fsp3) is 0.400. The summed E-state index contributed by atoms with van der Waals surface area (Å²) in [5.74, 6) is -1.39. The van der Waals surface area contributed by atoms with Crippen LogP contribution in [-0.4, -0.2) is 45.0 Å². The summed E-state index contributed by atoms with van der Waals surface area (Å²) in [5.41, 5.74) is 0.893. The average molecular weight is 405 g/mol. The number of imidazole rings is 1. The summed E-state index contributed by atoms with van der Waals surface area (Å²) in [6.07, 6.45) is 3.45. The van der Waals surface area contributed by atoms with E-state index in [2.05, 4.69) is 4.98 Å². The molecule has 0 radical (unpaired) electrons. The number of hydrogen-bond acceptors (Lipinski definition) is 4. The van der Waals surface area contributed by atoms with Crippen LogP contribution in [0.25, 0.3) is 4.96 Å². The average Bonchev–Trinajstić information content (AvgIpc) is 3.24. The molecule has 5 nitrogen and oxygen atoms in total. The van der Waals surface area contributed by atoms with Crippen LogP contribution < -0.4 is 0 Å². The molecule has 0 bridgehead atoms. The van der Waals surface area contributed by atoms with Crippen molar-refractivity contribution in [2.24, 2.45) is 5.41 Å². The molecule has 0 saturated carbocycles. The number of fused-ring (bicyclic) bond motifs is 1. The Kier molecular flexibility index (Phi) is 4.93. The summed E-state index contributed by atoms with van der Waals surface area (Å²) in [5, 5.41) is 12.0. The van der Waals surface area contributed by atoms with E-state index < -0.39 is 17.0 Å². The van der Waals surface area contributed by atoms with E-state index in [4.69, 9.17) is 0 Å². The number of rotatable bonds is 4. The standard InChI is InChI=1S/C20H21F2N3O2S/c1-13-17(25-7-8-28-19(25)23-13)18(27)24-6-2-5-20(11-24,12-26)10-14-3-4-15(21)9-16(14)22/h3-4,7-9,26H,2,5-6,10-12H2,1H3. The molecule has 1 aromatic carbocycles. The van der Waals surface area contributed by atoms with Crippen LogP contribution in [0.3, 0.4) is 0 Å². The Bertz CT molecular complexity index is 1030. The molecule has 0 aliphatic carbocycles. The number of carbonyl (C=O) groups excluding carboxylic acids is 1.